The molecule has 0 aliphatic carbocycles. The van der Waals surface area contributed by atoms with Crippen LogP contribution in [0.2, 0.25) is 5.02 Å². The molecule has 2 aromatic heterocycles. The zero-order valence-electron chi connectivity index (χ0n) is 14.6. The van der Waals surface area contributed by atoms with Crippen LogP contribution in [0.15, 0.2) is 72.1 Å². The highest BCUT2D eigenvalue weighted by molar-refractivity contribution is 7.13. The lowest BCUT2D eigenvalue weighted by Gasteiger charge is -2.09. The molecule has 1 amide bonds. The van der Waals surface area contributed by atoms with Crippen LogP contribution in [0.4, 0.5) is 4.39 Å². The fourth-order valence-corrected chi connectivity index (χ4v) is 3.67. The third-order valence-electron chi connectivity index (χ3n) is 4.16. The SMILES string of the molecule is O=C(NCc1ccc(F)cc1)c1cc(-c2cccs2)nn1-c1ccccc1Cl. The summed E-state index contributed by atoms with van der Waals surface area (Å²) in [6, 6.07) is 18.9. The van der Waals surface area contributed by atoms with Crippen molar-refractivity contribution in [2.24, 2.45) is 0 Å². The van der Waals surface area contributed by atoms with Crippen LogP contribution in [-0.4, -0.2) is 15.7 Å². The van der Waals surface area contributed by atoms with Crippen molar-refractivity contribution < 1.29 is 9.18 Å². The second-order valence-corrected chi connectivity index (χ2v) is 7.42. The number of para-hydroxylation sites is 1. The molecule has 4 nitrogen and oxygen atoms in total. The van der Waals surface area contributed by atoms with E-state index in [1.54, 1.807) is 40.3 Å². The van der Waals surface area contributed by atoms with Crippen molar-refractivity contribution in [3.63, 3.8) is 0 Å². The molecule has 0 fully saturated rings. The molecule has 1 N–H and O–H groups in total. The topological polar surface area (TPSA) is 46.9 Å². The molecule has 0 aliphatic heterocycles. The Bertz CT molecular complexity index is 1110. The Labute approximate surface area is 170 Å². The van der Waals surface area contributed by atoms with Crippen LogP contribution >= 0.6 is 22.9 Å². The lowest BCUT2D eigenvalue weighted by molar-refractivity contribution is 0.0943. The molecule has 0 spiro atoms. The standard InChI is InChI=1S/C21H15ClFN3OS/c22-16-4-1-2-5-18(16)26-19(12-17(25-26)20-6-3-11-28-20)21(27)24-13-14-7-9-15(23)10-8-14/h1-12H,13H2,(H,24,27). The number of carbonyl (C=O) groups excluding carboxylic acids is 1. The monoisotopic (exact) mass is 411 g/mol. The quantitative estimate of drug-likeness (QED) is 0.483. The first-order valence-electron chi connectivity index (χ1n) is 8.53. The number of thiophene rings is 1. The third kappa shape index (κ3) is 3.83. The van der Waals surface area contributed by atoms with Crippen molar-refractivity contribution in [3.05, 3.63) is 94.2 Å². The van der Waals surface area contributed by atoms with Crippen molar-refractivity contribution >= 4 is 28.8 Å². The summed E-state index contributed by atoms with van der Waals surface area (Å²) in [6.07, 6.45) is 0. The van der Waals surface area contributed by atoms with Crippen molar-refractivity contribution in [2.75, 3.05) is 0 Å². The maximum absolute atomic E-state index is 13.1. The highest BCUT2D eigenvalue weighted by Crippen LogP contribution is 2.28. The van der Waals surface area contributed by atoms with Gasteiger partial charge in [-0.25, -0.2) is 9.07 Å². The van der Waals surface area contributed by atoms with Gasteiger partial charge in [-0.05, 0) is 47.3 Å². The van der Waals surface area contributed by atoms with Gasteiger partial charge in [0.1, 0.15) is 17.2 Å². The fraction of sp³-hybridized carbons (Fsp3) is 0.0476. The number of hydrogen-bond donors (Lipinski definition) is 1. The van der Waals surface area contributed by atoms with Crippen LogP contribution in [0.1, 0.15) is 16.1 Å². The Kier molecular flexibility index (Phi) is 5.23. The Morgan fingerprint density at radius 3 is 2.61 bits per heavy atom. The fourth-order valence-electron chi connectivity index (χ4n) is 2.77. The van der Waals surface area contributed by atoms with E-state index in [2.05, 4.69) is 10.4 Å². The molecule has 4 rings (SSSR count). The second kappa shape index (κ2) is 7.96. The maximum atomic E-state index is 13.1. The minimum absolute atomic E-state index is 0.279. The van der Waals surface area contributed by atoms with Gasteiger partial charge in [-0.1, -0.05) is 41.9 Å². The number of carbonyl (C=O) groups is 1. The van der Waals surface area contributed by atoms with Crippen LogP contribution in [0.25, 0.3) is 16.3 Å². The average molecular weight is 412 g/mol. The number of aromatic nitrogens is 2. The van der Waals surface area contributed by atoms with Crippen molar-refractivity contribution in [3.8, 4) is 16.3 Å². The van der Waals surface area contributed by atoms with Gasteiger partial charge in [-0.3, -0.25) is 4.79 Å². The molecule has 0 aliphatic rings. The van der Waals surface area contributed by atoms with E-state index in [0.717, 1.165) is 10.4 Å². The van der Waals surface area contributed by atoms with Gasteiger partial charge < -0.3 is 5.32 Å². The van der Waals surface area contributed by atoms with Gasteiger partial charge >= 0.3 is 0 Å². The van der Waals surface area contributed by atoms with E-state index in [4.69, 9.17) is 11.6 Å². The van der Waals surface area contributed by atoms with E-state index in [0.29, 0.717) is 22.1 Å². The Morgan fingerprint density at radius 1 is 1.11 bits per heavy atom. The highest BCUT2D eigenvalue weighted by Gasteiger charge is 2.19. The van der Waals surface area contributed by atoms with Gasteiger partial charge in [0, 0.05) is 6.54 Å². The van der Waals surface area contributed by atoms with Crippen LogP contribution < -0.4 is 5.32 Å². The van der Waals surface area contributed by atoms with Crippen LogP contribution in [0.5, 0.6) is 0 Å². The largest absolute Gasteiger partial charge is 0.347 e. The molecule has 0 unspecified atom stereocenters. The summed E-state index contributed by atoms with van der Waals surface area (Å²) in [5.74, 6) is -0.605. The number of amides is 1. The van der Waals surface area contributed by atoms with Crippen LogP contribution in [0, 0.1) is 5.82 Å². The van der Waals surface area contributed by atoms with E-state index >= 15 is 0 Å². The lowest BCUT2D eigenvalue weighted by Crippen LogP contribution is -2.25. The smallest absolute Gasteiger partial charge is 0.270 e. The number of hydrogen-bond acceptors (Lipinski definition) is 3. The molecule has 0 bridgehead atoms. The summed E-state index contributed by atoms with van der Waals surface area (Å²) < 4.78 is 14.6. The van der Waals surface area contributed by atoms with E-state index < -0.39 is 0 Å². The molecule has 4 aromatic rings. The van der Waals surface area contributed by atoms with Gasteiger partial charge in [0.2, 0.25) is 0 Å². The Balaban J connectivity index is 1.67. The molecule has 0 radical (unpaired) electrons. The van der Waals surface area contributed by atoms with Crippen molar-refractivity contribution in [2.45, 2.75) is 6.54 Å². The molecule has 0 saturated carbocycles. The Morgan fingerprint density at radius 2 is 1.89 bits per heavy atom. The minimum Gasteiger partial charge on any atom is -0.347 e. The summed E-state index contributed by atoms with van der Waals surface area (Å²) in [5, 5.41) is 9.92. The number of halogens is 2. The summed E-state index contributed by atoms with van der Waals surface area (Å²) in [6.45, 7) is 0.279. The van der Waals surface area contributed by atoms with Gasteiger partial charge in [0.25, 0.3) is 5.91 Å². The molecule has 2 heterocycles. The number of nitrogens with one attached hydrogen (secondary N) is 1. The molecule has 2 aromatic carbocycles. The normalized spacial score (nSPS) is 10.8. The van der Waals surface area contributed by atoms with Gasteiger partial charge in [0.05, 0.1) is 15.6 Å². The first-order valence-corrected chi connectivity index (χ1v) is 9.79. The molecule has 0 atom stereocenters. The maximum Gasteiger partial charge on any atom is 0.270 e. The van der Waals surface area contributed by atoms with Crippen LogP contribution in [0.3, 0.4) is 0 Å². The second-order valence-electron chi connectivity index (χ2n) is 6.06. The van der Waals surface area contributed by atoms with Crippen LogP contribution in [-0.2, 0) is 6.54 Å². The molecule has 28 heavy (non-hydrogen) atoms. The minimum atomic E-state index is -0.313. The number of nitrogens with zero attached hydrogens (tertiary/aromatic N) is 2. The zero-order valence-corrected chi connectivity index (χ0v) is 16.2. The number of rotatable bonds is 5. The lowest BCUT2D eigenvalue weighted by atomic mass is 10.2. The molecule has 0 saturated heterocycles. The van der Waals surface area contributed by atoms with Gasteiger partial charge in [-0.2, -0.15) is 5.10 Å². The summed E-state index contributed by atoms with van der Waals surface area (Å²) in [7, 11) is 0. The molecular weight excluding hydrogens is 397 g/mol. The van der Waals surface area contributed by atoms with Gasteiger partial charge in [0.15, 0.2) is 0 Å². The highest BCUT2D eigenvalue weighted by atomic mass is 35.5. The van der Waals surface area contributed by atoms with E-state index in [-0.39, 0.29) is 18.3 Å². The summed E-state index contributed by atoms with van der Waals surface area (Å²) >= 11 is 7.88. The molecule has 140 valence electrons. The summed E-state index contributed by atoms with van der Waals surface area (Å²) in [5.41, 5.74) is 2.50. The molecular formula is C21H15ClFN3OS. The zero-order chi connectivity index (χ0) is 19.5. The first kappa shape index (κ1) is 18.4. The first-order chi connectivity index (χ1) is 13.6. The van der Waals surface area contributed by atoms with E-state index in [9.17, 15) is 9.18 Å². The number of benzene rings is 2. The third-order valence-corrected chi connectivity index (χ3v) is 5.37. The predicted octanol–water partition coefficient (Wildman–Crippen LogP) is 5.32. The van der Waals surface area contributed by atoms with Crippen molar-refractivity contribution in [1.29, 1.82) is 0 Å². The average Bonchev–Trinajstić information content (AvgIpc) is 3.37. The van der Waals surface area contributed by atoms with E-state index in [1.807, 2.05) is 35.7 Å². The molecule has 7 heteroatoms. The van der Waals surface area contributed by atoms with E-state index in [1.165, 1.54) is 12.1 Å². The Hall–Kier alpha value is -2.96. The van der Waals surface area contributed by atoms with Crippen molar-refractivity contribution in [1.82, 2.24) is 15.1 Å². The van der Waals surface area contributed by atoms with Gasteiger partial charge in [-0.15, -0.1) is 11.3 Å². The predicted molar refractivity (Wildman–Crippen MR) is 109 cm³/mol. The summed E-state index contributed by atoms with van der Waals surface area (Å²) in [4.78, 5) is 13.8.